The van der Waals surface area contributed by atoms with Crippen molar-refractivity contribution in [3.8, 4) is 0 Å². The first-order valence-corrected chi connectivity index (χ1v) is 10.2. The minimum atomic E-state index is -3.08. The lowest BCUT2D eigenvalue weighted by molar-refractivity contribution is 0.311. The van der Waals surface area contributed by atoms with E-state index in [1.165, 1.54) is 17.5 Å². The van der Waals surface area contributed by atoms with Crippen molar-refractivity contribution >= 4 is 15.7 Å². The van der Waals surface area contributed by atoms with Gasteiger partial charge < -0.3 is 4.90 Å². The summed E-state index contributed by atoms with van der Waals surface area (Å²) in [6, 6.07) is 21.2. The Labute approximate surface area is 144 Å². The Hall–Kier alpha value is -1.85. The Morgan fingerprint density at radius 2 is 1.50 bits per heavy atom. The molecular formula is C19H24N2O2S. The van der Waals surface area contributed by atoms with Crippen LogP contribution in [0.3, 0.4) is 0 Å². The summed E-state index contributed by atoms with van der Waals surface area (Å²) < 4.78 is 25.1. The lowest BCUT2D eigenvalue weighted by atomic mass is 10.0. The number of benzene rings is 2. The monoisotopic (exact) mass is 344 g/mol. The van der Waals surface area contributed by atoms with Gasteiger partial charge in [0.25, 0.3) is 0 Å². The number of rotatable bonds is 5. The molecule has 2 aromatic carbocycles. The van der Waals surface area contributed by atoms with E-state index in [9.17, 15) is 8.42 Å². The van der Waals surface area contributed by atoms with Gasteiger partial charge in [0.15, 0.2) is 0 Å². The number of hydrogen-bond acceptors (Lipinski definition) is 3. The number of hydrogen-bond donors (Lipinski definition) is 0. The lowest BCUT2D eigenvalue weighted by Crippen LogP contribution is -2.46. The van der Waals surface area contributed by atoms with E-state index in [4.69, 9.17) is 0 Å². The van der Waals surface area contributed by atoms with Gasteiger partial charge in [-0.3, -0.25) is 0 Å². The average Bonchev–Trinajstić information content (AvgIpc) is 2.61. The van der Waals surface area contributed by atoms with Crippen molar-refractivity contribution in [2.75, 3.05) is 24.2 Å². The van der Waals surface area contributed by atoms with Crippen LogP contribution in [0.4, 0.5) is 5.69 Å². The second kappa shape index (κ2) is 7.36. The SMILES string of the molecule is CS(=O)(=O)N1CCC(N(Cc2ccccc2)c2ccccc2)CC1. The maximum atomic E-state index is 11.7. The Morgan fingerprint density at radius 3 is 2.04 bits per heavy atom. The van der Waals surface area contributed by atoms with E-state index in [1.54, 1.807) is 4.31 Å². The zero-order valence-corrected chi connectivity index (χ0v) is 14.8. The highest BCUT2D eigenvalue weighted by Crippen LogP contribution is 2.26. The molecule has 1 aliphatic rings. The fourth-order valence-electron chi connectivity index (χ4n) is 3.32. The molecule has 4 nitrogen and oxygen atoms in total. The molecule has 0 atom stereocenters. The highest BCUT2D eigenvalue weighted by atomic mass is 32.2. The van der Waals surface area contributed by atoms with E-state index in [0.29, 0.717) is 19.1 Å². The summed E-state index contributed by atoms with van der Waals surface area (Å²) in [4.78, 5) is 2.41. The molecule has 128 valence electrons. The standard InChI is InChI=1S/C19H24N2O2S/c1-24(22,23)20-14-12-19(13-15-20)21(18-10-6-3-7-11-18)16-17-8-4-2-5-9-17/h2-11,19H,12-16H2,1H3. The van der Waals surface area contributed by atoms with E-state index in [1.807, 2.05) is 12.1 Å². The third-order valence-corrected chi connectivity index (χ3v) is 5.92. The molecule has 3 rings (SSSR count). The van der Waals surface area contributed by atoms with Crippen LogP contribution in [0.1, 0.15) is 18.4 Å². The van der Waals surface area contributed by atoms with Gasteiger partial charge in [-0.1, -0.05) is 48.5 Å². The maximum Gasteiger partial charge on any atom is 0.211 e. The van der Waals surface area contributed by atoms with Gasteiger partial charge in [-0.15, -0.1) is 0 Å². The molecule has 1 fully saturated rings. The van der Waals surface area contributed by atoms with E-state index in [0.717, 1.165) is 19.4 Å². The molecule has 0 saturated carbocycles. The Balaban J connectivity index is 1.78. The number of piperidine rings is 1. The zero-order valence-electron chi connectivity index (χ0n) is 14.0. The van der Waals surface area contributed by atoms with Crippen molar-refractivity contribution in [3.05, 3.63) is 66.2 Å². The molecule has 0 aliphatic carbocycles. The van der Waals surface area contributed by atoms with Gasteiger partial charge in [-0.05, 0) is 30.5 Å². The first-order valence-electron chi connectivity index (χ1n) is 8.35. The van der Waals surface area contributed by atoms with Crippen LogP contribution in [0.2, 0.25) is 0 Å². The van der Waals surface area contributed by atoms with Crippen molar-refractivity contribution in [1.29, 1.82) is 0 Å². The van der Waals surface area contributed by atoms with Crippen molar-refractivity contribution in [2.24, 2.45) is 0 Å². The third-order valence-electron chi connectivity index (χ3n) is 4.62. The largest absolute Gasteiger partial charge is 0.364 e. The van der Waals surface area contributed by atoms with Crippen LogP contribution in [0.5, 0.6) is 0 Å². The van der Waals surface area contributed by atoms with Crippen LogP contribution in [0.25, 0.3) is 0 Å². The zero-order chi connectivity index (χ0) is 17.0. The average molecular weight is 344 g/mol. The minimum Gasteiger partial charge on any atom is -0.364 e. The van der Waals surface area contributed by atoms with Gasteiger partial charge in [0, 0.05) is 31.4 Å². The Bertz CT molecular complexity index is 739. The Morgan fingerprint density at radius 1 is 0.958 bits per heavy atom. The maximum absolute atomic E-state index is 11.7. The van der Waals surface area contributed by atoms with Gasteiger partial charge in [-0.2, -0.15) is 0 Å². The molecule has 5 heteroatoms. The molecule has 2 aromatic rings. The van der Waals surface area contributed by atoms with Crippen LogP contribution in [0, 0.1) is 0 Å². The van der Waals surface area contributed by atoms with Crippen molar-refractivity contribution in [1.82, 2.24) is 4.31 Å². The normalized spacial score (nSPS) is 16.9. The van der Waals surface area contributed by atoms with E-state index >= 15 is 0 Å². The Kier molecular flexibility index (Phi) is 5.21. The molecule has 1 saturated heterocycles. The second-order valence-corrected chi connectivity index (χ2v) is 8.32. The summed E-state index contributed by atoms with van der Waals surface area (Å²) in [5.74, 6) is 0. The summed E-state index contributed by atoms with van der Waals surface area (Å²) in [6.07, 6.45) is 3.01. The highest BCUT2D eigenvalue weighted by Gasteiger charge is 2.28. The number of anilines is 1. The van der Waals surface area contributed by atoms with Crippen LogP contribution >= 0.6 is 0 Å². The van der Waals surface area contributed by atoms with Crippen molar-refractivity contribution in [3.63, 3.8) is 0 Å². The number of para-hydroxylation sites is 1. The van der Waals surface area contributed by atoms with Crippen LogP contribution < -0.4 is 4.90 Å². The van der Waals surface area contributed by atoms with Gasteiger partial charge in [0.2, 0.25) is 10.0 Å². The molecule has 0 radical (unpaired) electrons. The van der Waals surface area contributed by atoms with Crippen LogP contribution in [-0.4, -0.2) is 38.1 Å². The van der Waals surface area contributed by atoms with Gasteiger partial charge in [0.05, 0.1) is 6.26 Å². The predicted molar refractivity (Wildman–Crippen MR) is 98.5 cm³/mol. The van der Waals surface area contributed by atoms with E-state index < -0.39 is 10.0 Å². The topological polar surface area (TPSA) is 40.6 Å². The molecule has 0 aromatic heterocycles. The molecule has 24 heavy (non-hydrogen) atoms. The molecule has 0 unspecified atom stereocenters. The lowest BCUT2D eigenvalue weighted by Gasteiger charge is -2.39. The summed E-state index contributed by atoms with van der Waals surface area (Å²) in [6.45, 7) is 2.04. The summed E-state index contributed by atoms with van der Waals surface area (Å²) in [5.41, 5.74) is 2.46. The third kappa shape index (κ3) is 4.16. The van der Waals surface area contributed by atoms with E-state index in [2.05, 4.69) is 53.4 Å². The summed E-state index contributed by atoms with van der Waals surface area (Å²) >= 11 is 0. The summed E-state index contributed by atoms with van der Waals surface area (Å²) in [5, 5.41) is 0. The highest BCUT2D eigenvalue weighted by molar-refractivity contribution is 7.88. The minimum absolute atomic E-state index is 0.352. The predicted octanol–water partition coefficient (Wildman–Crippen LogP) is 3.12. The van der Waals surface area contributed by atoms with Gasteiger partial charge >= 0.3 is 0 Å². The molecular weight excluding hydrogens is 320 g/mol. The van der Waals surface area contributed by atoms with Crippen LogP contribution in [0.15, 0.2) is 60.7 Å². The first-order chi connectivity index (χ1) is 11.5. The fourth-order valence-corrected chi connectivity index (χ4v) is 4.19. The van der Waals surface area contributed by atoms with Gasteiger partial charge in [0.1, 0.15) is 0 Å². The molecule has 0 N–H and O–H groups in total. The molecule has 0 spiro atoms. The smallest absolute Gasteiger partial charge is 0.211 e. The second-order valence-electron chi connectivity index (χ2n) is 6.34. The first kappa shape index (κ1) is 17.0. The number of sulfonamides is 1. The number of nitrogens with zero attached hydrogens (tertiary/aromatic N) is 2. The van der Waals surface area contributed by atoms with Gasteiger partial charge in [-0.25, -0.2) is 12.7 Å². The van der Waals surface area contributed by atoms with Crippen LogP contribution in [-0.2, 0) is 16.6 Å². The van der Waals surface area contributed by atoms with E-state index in [-0.39, 0.29) is 0 Å². The molecule has 1 aliphatic heterocycles. The molecule has 0 bridgehead atoms. The fraction of sp³-hybridized carbons (Fsp3) is 0.368. The van der Waals surface area contributed by atoms with Crippen molar-refractivity contribution < 1.29 is 8.42 Å². The van der Waals surface area contributed by atoms with Crippen molar-refractivity contribution in [2.45, 2.75) is 25.4 Å². The molecule has 1 heterocycles. The summed E-state index contributed by atoms with van der Waals surface area (Å²) in [7, 11) is -3.08. The molecule has 0 amide bonds. The quantitative estimate of drug-likeness (QED) is 0.837.